The van der Waals surface area contributed by atoms with Gasteiger partial charge in [0.25, 0.3) is 5.91 Å². The van der Waals surface area contributed by atoms with Gasteiger partial charge in [-0.2, -0.15) is 0 Å². The predicted molar refractivity (Wildman–Crippen MR) is 126 cm³/mol. The summed E-state index contributed by atoms with van der Waals surface area (Å²) in [5.41, 5.74) is 5.81. The second-order valence-corrected chi connectivity index (χ2v) is 10.7. The molecule has 9 heteroatoms. The van der Waals surface area contributed by atoms with Gasteiger partial charge in [-0.3, -0.25) is 14.4 Å². The van der Waals surface area contributed by atoms with Crippen molar-refractivity contribution in [3.8, 4) is 5.75 Å². The van der Waals surface area contributed by atoms with Crippen LogP contribution in [0.15, 0.2) is 34.3 Å². The monoisotopic (exact) mass is 486 g/mol. The number of nitrogens with two attached hydrogens (primary N) is 1. The minimum atomic E-state index is -1.18. The van der Waals surface area contributed by atoms with Crippen LogP contribution in [0.2, 0.25) is 5.02 Å². The van der Waals surface area contributed by atoms with Gasteiger partial charge in [0.05, 0.1) is 17.1 Å². The van der Waals surface area contributed by atoms with Crippen molar-refractivity contribution in [1.29, 1.82) is 0 Å². The largest absolute Gasteiger partial charge is 0.511 e. The van der Waals surface area contributed by atoms with Crippen molar-refractivity contribution in [1.82, 2.24) is 5.32 Å². The van der Waals surface area contributed by atoms with E-state index in [0.717, 1.165) is 0 Å². The number of rotatable bonds is 4. The Hall–Kier alpha value is -3.10. The lowest BCUT2D eigenvalue weighted by Crippen LogP contribution is -2.40. The Labute approximate surface area is 201 Å². The number of hydrogen-bond donors (Lipinski definition) is 5. The zero-order chi connectivity index (χ0) is 25.1. The maximum absolute atomic E-state index is 13.5. The molecule has 0 spiro atoms. The molecule has 6 N–H and O–H groups in total. The number of phenols is 1. The van der Waals surface area contributed by atoms with Gasteiger partial charge >= 0.3 is 0 Å². The van der Waals surface area contributed by atoms with E-state index in [4.69, 9.17) is 17.3 Å². The normalized spacial score (nSPS) is 22.3. The van der Waals surface area contributed by atoms with Crippen LogP contribution in [0, 0.1) is 17.3 Å². The number of phenolic OH excluding ortho intramolecular Hbond substituents is 1. The zero-order valence-corrected chi connectivity index (χ0v) is 19.9. The van der Waals surface area contributed by atoms with Crippen molar-refractivity contribution in [2.45, 2.75) is 40.2 Å². The number of carbonyl (C=O) groups is 3. The van der Waals surface area contributed by atoms with E-state index in [1.54, 1.807) is 12.1 Å². The Balaban J connectivity index is 1.78. The third-order valence-corrected chi connectivity index (χ3v) is 6.77. The van der Waals surface area contributed by atoms with Gasteiger partial charge in [-0.15, -0.1) is 0 Å². The molecular formula is C25H27ClN2O6. The number of nitrogens with one attached hydrogen (secondary N) is 1. The van der Waals surface area contributed by atoms with Crippen LogP contribution in [0.1, 0.15) is 55.1 Å². The van der Waals surface area contributed by atoms with Gasteiger partial charge in [-0.1, -0.05) is 32.4 Å². The Morgan fingerprint density at radius 1 is 1.21 bits per heavy atom. The van der Waals surface area contributed by atoms with Gasteiger partial charge in [-0.05, 0) is 35.5 Å². The molecule has 2 unspecified atom stereocenters. The summed E-state index contributed by atoms with van der Waals surface area (Å²) in [4.78, 5) is 38.1. The first-order valence-corrected chi connectivity index (χ1v) is 11.4. The Morgan fingerprint density at radius 3 is 2.50 bits per heavy atom. The summed E-state index contributed by atoms with van der Waals surface area (Å²) < 4.78 is 0. The minimum absolute atomic E-state index is 0.00942. The summed E-state index contributed by atoms with van der Waals surface area (Å²) in [6.07, 6.45) is 1.78. The Kier molecular flexibility index (Phi) is 5.86. The second kappa shape index (κ2) is 8.29. The van der Waals surface area contributed by atoms with E-state index in [0.29, 0.717) is 23.2 Å². The number of carbonyl (C=O) groups excluding carboxylic acids is 3. The van der Waals surface area contributed by atoms with Gasteiger partial charge in [0.2, 0.25) is 5.78 Å². The van der Waals surface area contributed by atoms with Gasteiger partial charge in [0.1, 0.15) is 22.8 Å². The smallest absolute Gasteiger partial charge is 0.255 e. The number of hydrogen-bond acceptors (Lipinski definition) is 7. The highest BCUT2D eigenvalue weighted by Gasteiger charge is 2.48. The lowest BCUT2D eigenvalue weighted by atomic mass is 9.66. The highest BCUT2D eigenvalue weighted by atomic mass is 35.5. The Morgan fingerprint density at radius 2 is 1.88 bits per heavy atom. The number of aliphatic hydroxyl groups is 2. The minimum Gasteiger partial charge on any atom is -0.511 e. The van der Waals surface area contributed by atoms with Crippen LogP contribution >= 0.6 is 11.6 Å². The molecule has 4 rings (SSSR count). The zero-order valence-electron chi connectivity index (χ0n) is 19.2. The number of halogens is 1. The third kappa shape index (κ3) is 3.91. The van der Waals surface area contributed by atoms with Crippen LogP contribution in [-0.4, -0.2) is 39.3 Å². The fraction of sp³-hybridized carbons (Fsp3) is 0.400. The van der Waals surface area contributed by atoms with Gasteiger partial charge in [0, 0.05) is 35.7 Å². The van der Waals surface area contributed by atoms with Crippen LogP contribution in [0.25, 0.3) is 6.08 Å². The molecule has 0 aromatic heterocycles. The fourth-order valence-corrected chi connectivity index (χ4v) is 5.24. The summed E-state index contributed by atoms with van der Waals surface area (Å²) in [7, 11) is 0. The number of ketones is 2. The molecule has 180 valence electrons. The molecule has 3 aliphatic carbocycles. The number of aliphatic hydroxyl groups excluding tert-OH is 2. The molecule has 3 aliphatic rings. The van der Waals surface area contributed by atoms with E-state index in [-0.39, 0.29) is 46.7 Å². The molecule has 0 saturated heterocycles. The van der Waals surface area contributed by atoms with E-state index < -0.39 is 46.4 Å². The van der Waals surface area contributed by atoms with Crippen molar-refractivity contribution < 1.29 is 29.7 Å². The predicted octanol–water partition coefficient (Wildman–Crippen LogP) is 3.48. The molecule has 0 aliphatic heterocycles. The Bertz CT molecular complexity index is 1230. The summed E-state index contributed by atoms with van der Waals surface area (Å²) in [6, 6.07) is 1.60. The van der Waals surface area contributed by atoms with Crippen molar-refractivity contribution in [3.05, 3.63) is 56.0 Å². The van der Waals surface area contributed by atoms with E-state index in [9.17, 15) is 29.7 Å². The van der Waals surface area contributed by atoms with Gasteiger partial charge in [-0.25, -0.2) is 0 Å². The molecule has 1 aromatic rings. The molecule has 0 radical (unpaired) electrons. The summed E-state index contributed by atoms with van der Waals surface area (Å²) in [5.74, 6) is -5.41. The summed E-state index contributed by atoms with van der Waals surface area (Å²) >= 11 is 6.49. The van der Waals surface area contributed by atoms with Crippen molar-refractivity contribution in [2.75, 3.05) is 6.54 Å². The maximum atomic E-state index is 13.5. The van der Waals surface area contributed by atoms with Crippen LogP contribution in [-0.2, 0) is 16.1 Å². The number of allylic oxidation sites excluding steroid dienone is 4. The van der Waals surface area contributed by atoms with Crippen molar-refractivity contribution in [3.63, 3.8) is 0 Å². The molecule has 0 heterocycles. The lowest BCUT2D eigenvalue weighted by molar-refractivity contribution is -0.125. The van der Waals surface area contributed by atoms with Crippen molar-refractivity contribution >= 4 is 35.2 Å². The first-order chi connectivity index (χ1) is 15.8. The van der Waals surface area contributed by atoms with Crippen LogP contribution in [0.5, 0.6) is 5.75 Å². The molecule has 0 saturated carbocycles. The number of amides is 1. The van der Waals surface area contributed by atoms with Crippen LogP contribution in [0.3, 0.4) is 0 Å². The summed E-state index contributed by atoms with van der Waals surface area (Å²) in [6.45, 7) is 7.13. The highest BCUT2D eigenvalue weighted by molar-refractivity contribution is 6.34. The molecule has 8 nitrogen and oxygen atoms in total. The molecule has 0 fully saturated rings. The number of aromatic hydroxyl groups is 1. The number of primary amides is 1. The van der Waals surface area contributed by atoms with Gasteiger partial charge in [0.15, 0.2) is 5.78 Å². The quantitative estimate of drug-likeness (QED) is 0.409. The maximum Gasteiger partial charge on any atom is 0.255 e. The van der Waals surface area contributed by atoms with E-state index in [1.165, 1.54) is 0 Å². The highest BCUT2D eigenvalue weighted by Crippen LogP contribution is 2.49. The average Bonchev–Trinajstić information content (AvgIpc) is 2.69. The molecule has 2 atom stereocenters. The topological polar surface area (TPSA) is 150 Å². The van der Waals surface area contributed by atoms with Crippen molar-refractivity contribution in [2.24, 2.45) is 23.0 Å². The van der Waals surface area contributed by atoms with E-state index >= 15 is 0 Å². The SMILES string of the molecule is CC(C)(C)CNCc1cc(Cl)c2c(c1O)C(=O)C1=C(O)C3C(=O)C(C(N)=O)=C(O)CC3CC1=C2. The summed E-state index contributed by atoms with van der Waals surface area (Å²) in [5, 5.41) is 35.7. The number of fused-ring (bicyclic) bond motifs is 3. The molecule has 34 heavy (non-hydrogen) atoms. The first kappa shape index (κ1) is 24.0. The van der Waals surface area contributed by atoms with Crippen LogP contribution < -0.4 is 11.1 Å². The molecular weight excluding hydrogens is 460 g/mol. The van der Waals surface area contributed by atoms with Crippen LogP contribution in [0.4, 0.5) is 0 Å². The van der Waals surface area contributed by atoms with E-state index in [2.05, 4.69) is 26.1 Å². The molecule has 1 amide bonds. The lowest BCUT2D eigenvalue weighted by Gasteiger charge is -2.37. The first-order valence-electron chi connectivity index (χ1n) is 11.0. The average molecular weight is 487 g/mol. The van der Waals surface area contributed by atoms with Gasteiger partial charge < -0.3 is 26.4 Å². The number of Topliss-reactive ketones (excluding diaryl/α,β-unsaturated/α-hetero) is 2. The second-order valence-electron chi connectivity index (χ2n) is 10.3. The fourth-order valence-electron chi connectivity index (χ4n) is 4.96. The standard InChI is InChI=1S/C25H27ClN2O6/c1-25(2,3)9-28-8-12-6-14(26)13-5-10-4-11-7-15(29)19(24(27)34)23(33)17(11)21(31)16(10)22(32)18(13)20(12)30/h5-6,11,17,28-31H,4,7-9H2,1-3H3,(H2,27,34). The molecule has 1 aromatic carbocycles. The number of benzene rings is 1. The third-order valence-electron chi connectivity index (χ3n) is 6.46. The van der Waals surface area contributed by atoms with E-state index in [1.807, 2.05) is 0 Å². The molecule has 0 bridgehead atoms.